The van der Waals surface area contributed by atoms with E-state index in [4.69, 9.17) is 16.3 Å². The van der Waals surface area contributed by atoms with Crippen LogP contribution in [0.2, 0.25) is 5.02 Å². The average molecular weight is 412 g/mol. The maximum Gasteiger partial charge on any atom is 0.229 e. The second kappa shape index (κ2) is 8.17. The van der Waals surface area contributed by atoms with E-state index in [-0.39, 0.29) is 24.2 Å². The molecule has 1 aliphatic heterocycles. The van der Waals surface area contributed by atoms with Crippen LogP contribution in [0.25, 0.3) is 10.9 Å². The molecule has 0 unspecified atom stereocenters. The third-order valence-corrected chi connectivity index (χ3v) is 5.54. The normalized spacial score (nSPS) is 16.4. The van der Waals surface area contributed by atoms with Gasteiger partial charge in [-0.2, -0.15) is 0 Å². The highest BCUT2D eigenvalue weighted by molar-refractivity contribution is 6.31. The van der Waals surface area contributed by atoms with E-state index in [1.807, 2.05) is 36.5 Å². The number of carbonyl (C=O) groups is 2. The Morgan fingerprint density at radius 2 is 2.17 bits per heavy atom. The number of H-pyrrole nitrogens is 1. The molecule has 4 rings (SSSR count). The van der Waals surface area contributed by atoms with Gasteiger partial charge in [-0.25, -0.2) is 0 Å². The van der Waals surface area contributed by atoms with Gasteiger partial charge in [0.05, 0.1) is 13.0 Å². The second-order valence-corrected chi connectivity index (χ2v) is 7.65. The zero-order valence-corrected chi connectivity index (χ0v) is 16.8. The Morgan fingerprint density at radius 1 is 1.31 bits per heavy atom. The molecule has 0 aliphatic carbocycles. The monoisotopic (exact) mass is 411 g/mol. The number of likely N-dealkylation sites (tertiary alicyclic amines) is 1. The third kappa shape index (κ3) is 4.22. The van der Waals surface area contributed by atoms with Gasteiger partial charge in [-0.15, -0.1) is 0 Å². The van der Waals surface area contributed by atoms with Crippen molar-refractivity contribution in [3.63, 3.8) is 0 Å². The smallest absolute Gasteiger partial charge is 0.229 e. The summed E-state index contributed by atoms with van der Waals surface area (Å²) in [6.45, 7) is 0.999. The van der Waals surface area contributed by atoms with Gasteiger partial charge in [0, 0.05) is 53.4 Å². The van der Waals surface area contributed by atoms with E-state index in [1.54, 1.807) is 24.1 Å². The predicted octanol–water partition coefficient (Wildman–Crippen LogP) is 3.86. The maximum atomic E-state index is 12.6. The van der Waals surface area contributed by atoms with Gasteiger partial charge in [0.2, 0.25) is 11.8 Å². The van der Waals surface area contributed by atoms with Crippen LogP contribution in [0, 0.1) is 5.92 Å². The molecule has 3 aromatic rings. The molecule has 1 fully saturated rings. The molecule has 7 heteroatoms. The first-order chi connectivity index (χ1) is 14.0. The minimum Gasteiger partial charge on any atom is -0.497 e. The zero-order valence-electron chi connectivity index (χ0n) is 16.1. The lowest BCUT2D eigenvalue weighted by Gasteiger charge is -2.16. The fourth-order valence-electron chi connectivity index (χ4n) is 3.72. The van der Waals surface area contributed by atoms with E-state index in [2.05, 4.69) is 10.3 Å². The number of hydrogen-bond acceptors (Lipinski definition) is 3. The van der Waals surface area contributed by atoms with E-state index in [9.17, 15) is 9.59 Å². The van der Waals surface area contributed by atoms with Gasteiger partial charge in [-0.05, 0) is 42.3 Å². The van der Waals surface area contributed by atoms with Crippen molar-refractivity contribution in [3.8, 4) is 5.75 Å². The lowest BCUT2D eigenvalue weighted by atomic mass is 10.1. The SMILES string of the molecule is COc1cccc(NC(=O)[C@H]2CC(=O)N(CCc3c[nH]c4ccc(Cl)cc34)C2)c1. The number of benzene rings is 2. The standard InChI is InChI=1S/C22H22ClN3O3/c1-29-18-4-2-3-17(11-18)25-22(28)15-9-21(27)26(13-15)8-7-14-12-24-20-6-5-16(23)10-19(14)20/h2-6,10-12,15,24H,7-9,13H2,1H3,(H,25,28)/t15-/m0/s1. The molecule has 1 saturated heterocycles. The molecular weight excluding hydrogens is 390 g/mol. The number of aromatic nitrogens is 1. The molecule has 2 aromatic carbocycles. The van der Waals surface area contributed by atoms with E-state index >= 15 is 0 Å². The number of nitrogens with zero attached hydrogens (tertiary/aromatic N) is 1. The quantitative estimate of drug-likeness (QED) is 0.646. The van der Waals surface area contributed by atoms with Crippen molar-refractivity contribution in [1.29, 1.82) is 0 Å². The molecule has 0 spiro atoms. The van der Waals surface area contributed by atoms with Crippen molar-refractivity contribution in [3.05, 3.63) is 59.2 Å². The van der Waals surface area contributed by atoms with Crippen LogP contribution in [0.3, 0.4) is 0 Å². The Morgan fingerprint density at radius 3 is 3.00 bits per heavy atom. The average Bonchev–Trinajstić information content (AvgIpc) is 3.29. The summed E-state index contributed by atoms with van der Waals surface area (Å²) < 4.78 is 5.18. The van der Waals surface area contributed by atoms with Crippen LogP contribution < -0.4 is 10.1 Å². The number of hydrogen-bond donors (Lipinski definition) is 2. The number of aromatic amines is 1. The number of ether oxygens (including phenoxy) is 1. The van der Waals surface area contributed by atoms with E-state index in [1.165, 1.54) is 0 Å². The molecule has 2 heterocycles. The van der Waals surface area contributed by atoms with Crippen molar-refractivity contribution in [2.75, 3.05) is 25.5 Å². The van der Waals surface area contributed by atoms with Crippen molar-refractivity contribution >= 4 is 40.0 Å². The minimum absolute atomic E-state index is 0.00802. The Balaban J connectivity index is 1.37. The number of rotatable bonds is 6. The fraction of sp³-hybridized carbons (Fsp3) is 0.273. The Hall–Kier alpha value is -2.99. The third-order valence-electron chi connectivity index (χ3n) is 5.30. The fourth-order valence-corrected chi connectivity index (χ4v) is 3.89. The van der Waals surface area contributed by atoms with Crippen LogP contribution in [0.15, 0.2) is 48.7 Å². The van der Waals surface area contributed by atoms with Crippen molar-refractivity contribution in [2.24, 2.45) is 5.92 Å². The van der Waals surface area contributed by atoms with Crippen LogP contribution >= 0.6 is 11.6 Å². The van der Waals surface area contributed by atoms with E-state index in [0.29, 0.717) is 36.0 Å². The minimum atomic E-state index is -0.355. The van der Waals surface area contributed by atoms with E-state index in [0.717, 1.165) is 16.5 Å². The number of fused-ring (bicyclic) bond motifs is 1. The molecule has 6 nitrogen and oxygen atoms in total. The number of anilines is 1. The van der Waals surface area contributed by atoms with Crippen LogP contribution in [0.4, 0.5) is 5.69 Å². The molecule has 2 N–H and O–H groups in total. The lowest BCUT2D eigenvalue weighted by Crippen LogP contribution is -2.30. The highest BCUT2D eigenvalue weighted by Gasteiger charge is 2.34. The van der Waals surface area contributed by atoms with Crippen LogP contribution in [0.5, 0.6) is 5.75 Å². The van der Waals surface area contributed by atoms with Crippen molar-refractivity contribution < 1.29 is 14.3 Å². The number of amides is 2. The molecular formula is C22H22ClN3O3. The summed E-state index contributed by atoms with van der Waals surface area (Å²) in [6, 6.07) is 12.9. The van der Waals surface area contributed by atoms with Gasteiger partial charge < -0.3 is 19.9 Å². The predicted molar refractivity (Wildman–Crippen MR) is 113 cm³/mol. The van der Waals surface area contributed by atoms with Crippen molar-refractivity contribution in [1.82, 2.24) is 9.88 Å². The molecule has 0 radical (unpaired) electrons. The van der Waals surface area contributed by atoms with E-state index < -0.39 is 0 Å². The molecule has 1 aromatic heterocycles. The highest BCUT2D eigenvalue weighted by atomic mass is 35.5. The summed E-state index contributed by atoms with van der Waals surface area (Å²) >= 11 is 6.11. The zero-order chi connectivity index (χ0) is 20.4. The lowest BCUT2D eigenvalue weighted by molar-refractivity contribution is -0.128. The second-order valence-electron chi connectivity index (χ2n) is 7.22. The largest absolute Gasteiger partial charge is 0.497 e. The first-order valence-corrected chi connectivity index (χ1v) is 9.89. The summed E-state index contributed by atoms with van der Waals surface area (Å²) in [7, 11) is 1.58. The molecule has 1 aliphatic rings. The first-order valence-electron chi connectivity index (χ1n) is 9.51. The number of methoxy groups -OCH3 is 1. The van der Waals surface area contributed by atoms with Gasteiger partial charge in [-0.1, -0.05) is 17.7 Å². The summed E-state index contributed by atoms with van der Waals surface area (Å²) in [5.74, 6) is 0.179. The van der Waals surface area contributed by atoms with Gasteiger partial charge in [0.1, 0.15) is 5.75 Å². The molecule has 150 valence electrons. The maximum absolute atomic E-state index is 12.6. The molecule has 29 heavy (non-hydrogen) atoms. The number of halogens is 1. The first kappa shape index (κ1) is 19.3. The van der Waals surface area contributed by atoms with Gasteiger partial charge in [0.25, 0.3) is 0 Å². The summed E-state index contributed by atoms with van der Waals surface area (Å²) in [4.78, 5) is 30.0. The molecule has 1 atom stereocenters. The van der Waals surface area contributed by atoms with Crippen molar-refractivity contribution in [2.45, 2.75) is 12.8 Å². The summed E-state index contributed by atoms with van der Waals surface area (Å²) in [5, 5.41) is 4.63. The number of nitrogens with one attached hydrogen (secondary N) is 2. The Kier molecular flexibility index (Phi) is 5.45. The highest BCUT2D eigenvalue weighted by Crippen LogP contribution is 2.25. The van der Waals surface area contributed by atoms with Gasteiger partial charge in [-0.3, -0.25) is 9.59 Å². The van der Waals surface area contributed by atoms with Crippen LogP contribution in [-0.2, 0) is 16.0 Å². The van der Waals surface area contributed by atoms with Gasteiger partial charge >= 0.3 is 0 Å². The Bertz CT molecular complexity index is 1060. The Labute approximate surface area is 173 Å². The van der Waals surface area contributed by atoms with Crippen LogP contribution in [-0.4, -0.2) is 41.9 Å². The van der Waals surface area contributed by atoms with Crippen LogP contribution in [0.1, 0.15) is 12.0 Å². The number of carbonyl (C=O) groups excluding carboxylic acids is 2. The molecule has 0 bridgehead atoms. The summed E-state index contributed by atoms with van der Waals surface area (Å²) in [5.41, 5.74) is 2.79. The summed E-state index contributed by atoms with van der Waals surface area (Å²) in [6.07, 6.45) is 2.89. The molecule has 0 saturated carbocycles. The van der Waals surface area contributed by atoms with Gasteiger partial charge in [0.15, 0.2) is 0 Å². The molecule has 2 amide bonds. The topological polar surface area (TPSA) is 74.4 Å².